The van der Waals surface area contributed by atoms with Gasteiger partial charge >= 0.3 is 0 Å². The van der Waals surface area contributed by atoms with Crippen molar-refractivity contribution in [3.05, 3.63) is 35.9 Å². The van der Waals surface area contributed by atoms with E-state index >= 15 is 0 Å². The Morgan fingerprint density at radius 2 is 1.00 bits per heavy atom. The van der Waals surface area contributed by atoms with Crippen molar-refractivity contribution in [2.75, 3.05) is 6.54 Å². The van der Waals surface area contributed by atoms with Gasteiger partial charge in [-0.25, -0.2) is 0 Å². The molecule has 0 aliphatic heterocycles. The number of carbonyl (C=O) groups is 1. The predicted octanol–water partition coefficient (Wildman–Crippen LogP) is 9.17. The highest BCUT2D eigenvalue weighted by Crippen LogP contribution is 2.14. The Morgan fingerprint density at radius 1 is 0.594 bits per heavy atom. The molecule has 32 heavy (non-hydrogen) atoms. The first-order valence-corrected chi connectivity index (χ1v) is 14.1. The maximum absolute atomic E-state index is 11.9. The monoisotopic (exact) mass is 443 g/mol. The number of amides is 1. The molecule has 2 heteroatoms. The van der Waals surface area contributed by atoms with Crippen LogP contribution in [0.2, 0.25) is 0 Å². The van der Waals surface area contributed by atoms with E-state index in [1.807, 2.05) is 6.07 Å². The summed E-state index contributed by atoms with van der Waals surface area (Å²) in [5, 5.41) is 3.05. The van der Waals surface area contributed by atoms with Gasteiger partial charge in [-0.3, -0.25) is 4.79 Å². The molecule has 1 N–H and O–H groups in total. The molecular weight excluding hydrogens is 390 g/mol. The highest BCUT2D eigenvalue weighted by atomic mass is 16.1. The molecule has 0 saturated heterocycles. The van der Waals surface area contributed by atoms with Gasteiger partial charge in [0.25, 0.3) is 0 Å². The van der Waals surface area contributed by atoms with Crippen LogP contribution in [-0.2, 0) is 11.2 Å². The van der Waals surface area contributed by atoms with Crippen LogP contribution < -0.4 is 5.32 Å². The van der Waals surface area contributed by atoms with Gasteiger partial charge in [-0.2, -0.15) is 0 Å². The number of rotatable bonds is 23. The average Bonchev–Trinajstić information content (AvgIpc) is 2.81. The Kier molecular flexibility index (Phi) is 20.5. The number of hydrogen-bond acceptors (Lipinski definition) is 1. The zero-order valence-corrected chi connectivity index (χ0v) is 21.4. The number of carbonyl (C=O) groups excluding carboxylic acids is 1. The van der Waals surface area contributed by atoms with Crippen molar-refractivity contribution in [2.24, 2.45) is 0 Å². The van der Waals surface area contributed by atoms with E-state index in [9.17, 15) is 4.79 Å². The van der Waals surface area contributed by atoms with Crippen LogP contribution in [0, 0.1) is 0 Å². The van der Waals surface area contributed by atoms with Crippen molar-refractivity contribution in [2.45, 2.75) is 142 Å². The molecule has 0 bridgehead atoms. The third kappa shape index (κ3) is 19.4. The highest BCUT2D eigenvalue weighted by molar-refractivity contribution is 5.75. The first-order valence-electron chi connectivity index (χ1n) is 14.1. The molecule has 0 radical (unpaired) electrons. The maximum Gasteiger partial charge on any atom is 0.220 e. The summed E-state index contributed by atoms with van der Waals surface area (Å²) in [4.78, 5) is 11.9. The summed E-state index contributed by atoms with van der Waals surface area (Å²) in [6.45, 7) is 3.04. The van der Waals surface area contributed by atoms with E-state index in [4.69, 9.17) is 0 Å². The summed E-state index contributed by atoms with van der Waals surface area (Å²) in [6.07, 6.45) is 28.0. The SMILES string of the molecule is CCCCCCCCCCCCCCCCCCCCCC(=O)NCCc1ccccc1. The van der Waals surface area contributed by atoms with Gasteiger partial charge in [0.15, 0.2) is 0 Å². The van der Waals surface area contributed by atoms with Gasteiger partial charge in [0.05, 0.1) is 0 Å². The van der Waals surface area contributed by atoms with Gasteiger partial charge in [0, 0.05) is 13.0 Å². The van der Waals surface area contributed by atoms with Crippen LogP contribution in [0.25, 0.3) is 0 Å². The smallest absolute Gasteiger partial charge is 0.220 e. The highest BCUT2D eigenvalue weighted by Gasteiger charge is 2.01. The summed E-state index contributed by atoms with van der Waals surface area (Å²) in [5.74, 6) is 0.216. The minimum absolute atomic E-state index is 0.216. The molecular formula is C30H53NO. The Hall–Kier alpha value is -1.31. The second-order valence-electron chi connectivity index (χ2n) is 9.70. The van der Waals surface area contributed by atoms with Gasteiger partial charge in [0.1, 0.15) is 0 Å². The normalized spacial score (nSPS) is 11.0. The molecule has 0 spiro atoms. The molecule has 0 aliphatic rings. The molecule has 1 aromatic rings. The lowest BCUT2D eigenvalue weighted by Crippen LogP contribution is -2.25. The lowest BCUT2D eigenvalue weighted by atomic mass is 10.0. The Balaban J connectivity index is 1.71. The largest absolute Gasteiger partial charge is 0.356 e. The van der Waals surface area contributed by atoms with E-state index in [0.717, 1.165) is 19.4 Å². The third-order valence-electron chi connectivity index (χ3n) is 6.59. The minimum Gasteiger partial charge on any atom is -0.356 e. The lowest BCUT2D eigenvalue weighted by Gasteiger charge is -2.06. The molecule has 0 heterocycles. The number of unbranched alkanes of at least 4 members (excludes halogenated alkanes) is 18. The van der Waals surface area contributed by atoms with Crippen molar-refractivity contribution < 1.29 is 4.79 Å². The average molecular weight is 444 g/mol. The summed E-state index contributed by atoms with van der Waals surface area (Å²) in [5.41, 5.74) is 1.29. The first kappa shape index (κ1) is 28.7. The third-order valence-corrected chi connectivity index (χ3v) is 6.59. The standard InChI is InChI=1S/C30H53NO/c1-2-3-4-5-6-7-8-9-10-11-12-13-14-15-16-17-18-19-23-26-30(32)31-28-27-29-24-21-20-22-25-29/h20-22,24-25H,2-19,23,26-28H2,1H3,(H,31,32). The molecule has 0 atom stereocenters. The number of hydrogen-bond donors (Lipinski definition) is 1. The van der Waals surface area contributed by atoms with Crippen LogP contribution in [0.3, 0.4) is 0 Å². The van der Waals surface area contributed by atoms with Crippen molar-refractivity contribution >= 4 is 5.91 Å². The van der Waals surface area contributed by atoms with Gasteiger partial charge in [-0.1, -0.05) is 153 Å². The van der Waals surface area contributed by atoms with Crippen LogP contribution >= 0.6 is 0 Å². The molecule has 0 aliphatic carbocycles. The summed E-state index contributed by atoms with van der Waals surface area (Å²) in [7, 11) is 0. The fourth-order valence-corrected chi connectivity index (χ4v) is 4.44. The summed E-state index contributed by atoms with van der Waals surface area (Å²) < 4.78 is 0. The first-order chi connectivity index (χ1) is 15.8. The maximum atomic E-state index is 11.9. The van der Waals surface area contributed by atoms with E-state index in [0.29, 0.717) is 6.42 Å². The summed E-state index contributed by atoms with van der Waals surface area (Å²) in [6, 6.07) is 10.4. The molecule has 2 nitrogen and oxygen atoms in total. The predicted molar refractivity (Wildman–Crippen MR) is 141 cm³/mol. The lowest BCUT2D eigenvalue weighted by molar-refractivity contribution is -0.121. The molecule has 0 unspecified atom stereocenters. The van der Waals surface area contributed by atoms with E-state index in [2.05, 4.69) is 36.5 Å². The van der Waals surface area contributed by atoms with Gasteiger partial charge in [-0.05, 0) is 18.4 Å². The van der Waals surface area contributed by atoms with Crippen LogP contribution in [-0.4, -0.2) is 12.5 Å². The molecule has 184 valence electrons. The van der Waals surface area contributed by atoms with Crippen molar-refractivity contribution in [1.29, 1.82) is 0 Å². The Bertz CT molecular complexity index is 513. The minimum atomic E-state index is 0.216. The zero-order chi connectivity index (χ0) is 23.0. The van der Waals surface area contributed by atoms with Crippen LogP contribution in [0.5, 0.6) is 0 Å². The van der Waals surface area contributed by atoms with E-state index < -0.39 is 0 Å². The molecule has 1 amide bonds. The van der Waals surface area contributed by atoms with Crippen molar-refractivity contribution in [1.82, 2.24) is 5.32 Å². The van der Waals surface area contributed by atoms with Gasteiger partial charge in [-0.15, -0.1) is 0 Å². The van der Waals surface area contributed by atoms with Crippen LogP contribution in [0.15, 0.2) is 30.3 Å². The number of nitrogens with one attached hydrogen (secondary N) is 1. The molecule has 1 rings (SSSR count). The van der Waals surface area contributed by atoms with E-state index in [-0.39, 0.29) is 5.91 Å². The molecule has 0 fully saturated rings. The summed E-state index contributed by atoms with van der Waals surface area (Å²) >= 11 is 0. The topological polar surface area (TPSA) is 29.1 Å². The van der Waals surface area contributed by atoms with Gasteiger partial charge in [0.2, 0.25) is 5.91 Å². The number of benzene rings is 1. The fraction of sp³-hybridized carbons (Fsp3) is 0.767. The van der Waals surface area contributed by atoms with Crippen molar-refractivity contribution in [3.63, 3.8) is 0 Å². The Morgan fingerprint density at radius 3 is 1.44 bits per heavy atom. The van der Waals surface area contributed by atoms with E-state index in [1.54, 1.807) is 0 Å². The Labute approximate surface area is 200 Å². The molecule has 1 aromatic carbocycles. The van der Waals surface area contributed by atoms with Crippen LogP contribution in [0.1, 0.15) is 141 Å². The van der Waals surface area contributed by atoms with Crippen LogP contribution in [0.4, 0.5) is 0 Å². The quantitative estimate of drug-likeness (QED) is 0.168. The van der Waals surface area contributed by atoms with Gasteiger partial charge < -0.3 is 5.32 Å². The fourth-order valence-electron chi connectivity index (χ4n) is 4.44. The molecule has 0 saturated carbocycles. The zero-order valence-electron chi connectivity index (χ0n) is 21.4. The molecule has 0 aromatic heterocycles. The second kappa shape index (κ2) is 22.9. The van der Waals surface area contributed by atoms with Crippen molar-refractivity contribution in [3.8, 4) is 0 Å². The second-order valence-corrected chi connectivity index (χ2v) is 9.70. The van der Waals surface area contributed by atoms with E-state index in [1.165, 1.54) is 121 Å².